The molecule has 0 saturated carbocycles. The van der Waals surface area contributed by atoms with E-state index >= 15 is 0 Å². The number of ether oxygens (including phenoxy) is 1. The summed E-state index contributed by atoms with van der Waals surface area (Å²) in [6, 6.07) is 6.98. The van der Waals surface area contributed by atoms with Gasteiger partial charge in [-0.05, 0) is 50.2 Å². The highest BCUT2D eigenvalue weighted by Crippen LogP contribution is 2.15. The second-order valence-corrected chi connectivity index (χ2v) is 5.08. The van der Waals surface area contributed by atoms with Crippen molar-refractivity contribution in [2.45, 2.75) is 12.8 Å². The fourth-order valence-electron chi connectivity index (χ4n) is 2.09. The van der Waals surface area contributed by atoms with E-state index in [-0.39, 0.29) is 24.9 Å². The Morgan fingerprint density at radius 3 is 2.55 bits per heavy atom. The zero-order chi connectivity index (χ0) is 13.5. The first-order chi connectivity index (χ1) is 9.24. The number of benzene rings is 1. The largest absolute Gasteiger partial charge is 1.00 e. The summed E-state index contributed by atoms with van der Waals surface area (Å²) in [5.41, 5.74) is 0. The standard InChI is InChI=1S/C14H19ClN2O2.ClH/c15-12-3-5-13(6-4-12)19-11-14(18)16-7-10-17-8-1-2-9-17;/h3-6H,1-2,7-11H2,(H,16,18);1H/p-1. The van der Waals surface area contributed by atoms with E-state index in [2.05, 4.69) is 10.2 Å². The van der Waals surface area contributed by atoms with Gasteiger partial charge in [-0.1, -0.05) is 11.6 Å². The molecule has 1 saturated heterocycles. The van der Waals surface area contributed by atoms with Gasteiger partial charge in [0.1, 0.15) is 5.75 Å². The summed E-state index contributed by atoms with van der Waals surface area (Å²) in [6.07, 6.45) is 2.54. The van der Waals surface area contributed by atoms with Gasteiger partial charge in [-0.3, -0.25) is 4.79 Å². The van der Waals surface area contributed by atoms with Gasteiger partial charge in [-0.15, -0.1) is 0 Å². The molecule has 1 aliphatic rings. The van der Waals surface area contributed by atoms with Crippen LogP contribution < -0.4 is 22.5 Å². The predicted molar refractivity (Wildman–Crippen MR) is 75.6 cm³/mol. The average Bonchev–Trinajstić information content (AvgIpc) is 2.91. The number of carbonyl (C=O) groups is 1. The number of nitrogens with one attached hydrogen (secondary N) is 1. The zero-order valence-corrected chi connectivity index (χ0v) is 12.8. The molecule has 112 valence electrons. The lowest BCUT2D eigenvalue weighted by molar-refractivity contribution is -0.123. The summed E-state index contributed by atoms with van der Waals surface area (Å²) in [5, 5.41) is 3.51. The van der Waals surface area contributed by atoms with Crippen molar-refractivity contribution in [1.29, 1.82) is 0 Å². The number of rotatable bonds is 6. The summed E-state index contributed by atoms with van der Waals surface area (Å²) >= 11 is 5.77. The van der Waals surface area contributed by atoms with Crippen molar-refractivity contribution in [2.75, 3.05) is 32.8 Å². The molecule has 2 rings (SSSR count). The maximum absolute atomic E-state index is 11.6. The lowest BCUT2D eigenvalue weighted by Crippen LogP contribution is -3.00. The number of likely N-dealkylation sites (tertiary alicyclic amines) is 1. The molecule has 0 aromatic heterocycles. The molecule has 1 heterocycles. The molecule has 1 N–H and O–H groups in total. The fourth-order valence-corrected chi connectivity index (χ4v) is 2.22. The molecule has 1 fully saturated rings. The van der Waals surface area contributed by atoms with Crippen LogP contribution in [0.4, 0.5) is 0 Å². The third-order valence-electron chi connectivity index (χ3n) is 3.13. The first-order valence-corrected chi connectivity index (χ1v) is 6.99. The van der Waals surface area contributed by atoms with Gasteiger partial charge in [-0.25, -0.2) is 0 Å². The highest BCUT2D eigenvalue weighted by atomic mass is 35.5. The number of halogens is 2. The quantitative estimate of drug-likeness (QED) is 0.727. The van der Waals surface area contributed by atoms with Gasteiger partial charge in [0, 0.05) is 18.1 Å². The lowest BCUT2D eigenvalue weighted by atomic mass is 10.3. The lowest BCUT2D eigenvalue weighted by Gasteiger charge is -2.14. The van der Waals surface area contributed by atoms with Gasteiger partial charge in [0.2, 0.25) is 0 Å². The van der Waals surface area contributed by atoms with Crippen LogP contribution in [-0.4, -0.2) is 43.6 Å². The number of hydrogen-bond acceptors (Lipinski definition) is 3. The minimum Gasteiger partial charge on any atom is -1.00 e. The zero-order valence-electron chi connectivity index (χ0n) is 11.3. The van der Waals surface area contributed by atoms with Crippen molar-refractivity contribution in [3.8, 4) is 5.75 Å². The molecule has 0 aliphatic carbocycles. The summed E-state index contributed by atoms with van der Waals surface area (Å²) in [5.74, 6) is 0.563. The Morgan fingerprint density at radius 2 is 1.90 bits per heavy atom. The molecule has 1 aliphatic heterocycles. The van der Waals surface area contributed by atoms with Crippen molar-refractivity contribution in [3.63, 3.8) is 0 Å². The van der Waals surface area contributed by atoms with Gasteiger partial charge >= 0.3 is 0 Å². The second kappa shape index (κ2) is 9.06. The Balaban J connectivity index is 0.00000200. The molecule has 0 radical (unpaired) electrons. The summed E-state index contributed by atoms with van der Waals surface area (Å²) < 4.78 is 5.36. The Hall–Kier alpha value is -0.970. The monoisotopic (exact) mass is 317 g/mol. The van der Waals surface area contributed by atoms with Gasteiger partial charge in [0.25, 0.3) is 5.91 Å². The predicted octanol–water partition coefficient (Wildman–Crippen LogP) is -1.07. The Labute approximate surface area is 130 Å². The van der Waals surface area contributed by atoms with Gasteiger partial charge in [0.05, 0.1) is 0 Å². The van der Waals surface area contributed by atoms with Crippen molar-refractivity contribution in [3.05, 3.63) is 29.3 Å². The Kier molecular flexibility index (Phi) is 7.73. The van der Waals surface area contributed by atoms with E-state index in [1.807, 2.05) is 0 Å². The minimum atomic E-state index is -0.0888. The molecule has 4 nitrogen and oxygen atoms in total. The molecular formula is C14H19Cl2N2O2-. The molecule has 0 bridgehead atoms. The smallest absolute Gasteiger partial charge is 0.257 e. The van der Waals surface area contributed by atoms with Crippen LogP contribution in [0.5, 0.6) is 5.75 Å². The number of nitrogens with zero attached hydrogens (tertiary/aromatic N) is 1. The SMILES string of the molecule is O=C(COc1ccc(Cl)cc1)NCCN1CCCC1.[Cl-]. The highest BCUT2D eigenvalue weighted by Gasteiger charge is 2.11. The fraction of sp³-hybridized carbons (Fsp3) is 0.500. The van der Waals surface area contributed by atoms with Crippen LogP contribution in [0.1, 0.15) is 12.8 Å². The van der Waals surface area contributed by atoms with Crippen LogP contribution >= 0.6 is 11.6 Å². The number of amides is 1. The number of carbonyl (C=O) groups excluding carboxylic acids is 1. The Morgan fingerprint density at radius 1 is 1.25 bits per heavy atom. The van der Waals surface area contributed by atoms with Crippen molar-refractivity contribution < 1.29 is 21.9 Å². The number of hydrogen-bond donors (Lipinski definition) is 1. The van der Waals surface area contributed by atoms with E-state index in [9.17, 15) is 4.79 Å². The van der Waals surface area contributed by atoms with E-state index in [0.717, 1.165) is 19.6 Å². The molecule has 1 aromatic rings. The average molecular weight is 318 g/mol. The minimum absolute atomic E-state index is 0. The third kappa shape index (κ3) is 5.99. The molecule has 0 atom stereocenters. The maximum Gasteiger partial charge on any atom is 0.257 e. The van der Waals surface area contributed by atoms with Crippen LogP contribution in [0, 0.1) is 0 Å². The van der Waals surface area contributed by atoms with Gasteiger partial charge in [-0.2, -0.15) is 0 Å². The topological polar surface area (TPSA) is 41.6 Å². The van der Waals surface area contributed by atoms with Gasteiger partial charge < -0.3 is 27.4 Å². The van der Waals surface area contributed by atoms with Crippen LogP contribution in [0.2, 0.25) is 5.02 Å². The van der Waals surface area contributed by atoms with Crippen LogP contribution in [0.15, 0.2) is 24.3 Å². The maximum atomic E-state index is 11.6. The summed E-state index contributed by atoms with van der Waals surface area (Å²) in [7, 11) is 0. The van der Waals surface area contributed by atoms with Crippen molar-refractivity contribution in [1.82, 2.24) is 10.2 Å². The first kappa shape index (κ1) is 17.1. The van der Waals surface area contributed by atoms with Crippen molar-refractivity contribution >= 4 is 17.5 Å². The summed E-state index contributed by atoms with van der Waals surface area (Å²) in [6.45, 7) is 3.95. The van der Waals surface area contributed by atoms with E-state index in [0.29, 0.717) is 17.3 Å². The molecule has 0 unspecified atom stereocenters. The molecule has 1 amide bonds. The third-order valence-corrected chi connectivity index (χ3v) is 3.38. The second-order valence-electron chi connectivity index (χ2n) is 4.64. The highest BCUT2D eigenvalue weighted by molar-refractivity contribution is 6.30. The normalized spacial score (nSPS) is 14.7. The molecule has 6 heteroatoms. The van der Waals surface area contributed by atoms with Crippen LogP contribution in [0.25, 0.3) is 0 Å². The molecule has 0 spiro atoms. The van der Waals surface area contributed by atoms with Gasteiger partial charge in [0.15, 0.2) is 6.61 Å². The first-order valence-electron chi connectivity index (χ1n) is 6.61. The summed E-state index contributed by atoms with van der Waals surface area (Å²) in [4.78, 5) is 13.9. The molecular weight excluding hydrogens is 299 g/mol. The molecule has 20 heavy (non-hydrogen) atoms. The van der Waals surface area contributed by atoms with Crippen LogP contribution in [-0.2, 0) is 4.79 Å². The Bertz CT molecular complexity index is 406. The van der Waals surface area contributed by atoms with E-state index < -0.39 is 0 Å². The molecule has 1 aromatic carbocycles. The van der Waals surface area contributed by atoms with Crippen LogP contribution in [0.3, 0.4) is 0 Å². The van der Waals surface area contributed by atoms with E-state index in [1.54, 1.807) is 24.3 Å². The van der Waals surface area contributed by atoms with E-state index in [4.69, 9.17) is 16.3 Å². The van der Waals surface area contributed by atoms with E-state index in [1.165, 1.54) is 12.8 Å². The van der Waals surface area contributed by atoms with Crippen molar-refractivity contribution in [2.24, 2.45) is 0 Å².